The standard InChI is InChI=1S/C12H22ClNO/c1-8(2)5-10-11(13)7-14(12(10)15)6-9(3)4/h8-11H,5-7H2,1-4H3. The normalized spacial score (nSPS) is 27.1. The lowest BCUT2D eigenvalue weighted by molar-refractivity contribution is -0.131. The van der Waals surface area contributed by atoms with Gasteiger partial charge in [-0.2, -0.15) is 0 Å². The molecular formula is C12H22ClNO. The summed E-state index contributed by atoms with van der Waals surface area (Å²) < 4.78 is 0. The van der Waals surface area contributed by atoms with Gasteiger partial charge in [0.15, 0.2) is 0 Å². The van der Waals surface area contributed by atoms with Gasteiger partial charge in [0.2, 0.25) is 5.91 Å². The zero-order valence-corrected chi connectivity index (χ0v) is 10.9. The summed E-state index contributed by atoms with van der Waals surface area (Å²) >= 11 is 6.23. The molecule has 0 aromatic rings. The number of carbonyl (C=O) groups excluding carboxylic acids is 1. The summed E-state index contributed by atoms with van der Waals surface area (Å²) in [5.41, 5.74) is 0. The fraction of sp³-hybridized carbons (Fsp3) is 0.917. The average Bonchev–Trinajstić information content (AvgIpc) is 2.31. The van der Waals surface area contributed by atoms with Gasteiger partial charge in [-0.3, -0.25) is 4.79 Å². The van der Waals surface area contributed by atoms with E-state index in [0.29, 0.717) is 11.8 Å². The molecule has 1 aliphatic rings. The van der Waals surface area contributed by atoms with Gasteiger partial charge < -0.3 is 4.90 Å². The van der Waals surface area contributed by atoms with Crippen molar-refractivity contribution in [2.24, 2.45) is 17.8 Å². The zero-order chi connectivity index (χ0) is 11.6. The first-order valence-corrected chi connectivity index (χ1v) is 6.28. The molecule has 0 aromatic heterocycles. The maximum atomic E-state index is 12.0. The zero-order valence-electron chi connectivity index (χ0n) is 10.2. The Bertz CT molecular complexity index is 228. The molecule has 1 saturated heterocycles. The summed E-state index contributed by atoms with van der Waals surface area (Å²) in [6.07, 6.45) is 0.918. The highest BCUT2D eigenvalue weighted by Crippen LogP contribution is 2.29. The summed E-state index contributed by atoms with van der Waals surface area (Å²) in [4.78, 5) is 14.0. The molecule has 1 amide bonds. The molecule has 0 N–H and O–H groups in total. The third kappa shape index (κ3) is 3.37. The van der Waals surface area contributed by atoms with Gasteiger partial charge in [-0.25, -0.2) is 0 Å². The molecule has 1 aliphatic heterocycles. The van der Waals surface area contributed by atoms with E-state index in [0.717, 1.165) is 19.5 Å². The quantitative estimate of drug-likeness (QED) is 0.682. The van der Waals surface area contributed by atoms with E-state index in [1.165, 1.54) is 0 Å². The van der Waals surface area contributed by atoms with E-state index >= 15 is 0 Å². The molecule has 15 heavy (non-hydrogen) atoms. The minimum absolute atomic E-state index is 0.0126. The molecule has 0 radical (unpaired) electrons. The largest absolute Gasteiger partial charge is 0.341 e. The van der Waals surface area contributed by atoms with Crippen molar-refractivity contribution in [3.05, 3.63) is 0 Å². The second-order valence-corrected chi connectivity index (χ2v) is 5.95. The van der Waals surface area contributed by atoms with Crippen LogP contribution in [0.2, 0.25) is 0 Å². The van der Waals surface area contributed by atoms with Crippen LogP contribution in [-0.2, 0) is 4.79 Å². The van der Waals surface area contributed by atoms with Crippen LogP contribution in [0.4, 0.5) is 0 Å². The third-order valence-electron chi connectivity index (χ3n) is 2.77. The van der Waals surface area contributed by atoms with Gasteiger partial charge in [0.25, 0.3) is 0 Å². The Morgan fingerprint density at radius 3 is 2.40 bits per heavy atom. The number of hydrogen-bond acceptors (Lipinski definition) is 1. The van der Waals surface area contributed by atoms with Crippen LogP contribution in [0.3, 0.4) is 0 Å². The Labute approximate surface area is 98.0 Å². The van der Waals surface area contributed by atoms with E-state index < -0.39 is 0 Å². The number of nitrogens with zero attached hydrogens (tertiary/aromatic N) is 1. The van der Waals surface area contributed by atoms with Gasteiger partial charge in [-0.15, -0.1) is 11.6 Å². The van der Waals surface area contributed by atoms with E-state index in [4.69, 9.17) is 11.6 Å². The molecule has 2 nitrogen and oxygen atoms in total. The van der Waals surface area contributed by atoms with Gasteiger partial charge in [-0.05, 0) is 18.3 Å². The predicted molar refractivity (Wildman–Crippen MR) is 64.0 cm³/mol. The summed E-state index contributed by atoms with van der Waals surface area (Å²) in [5, 5.41) is 0.0126. The van der Waals surface area contributed by atoms with Crippen molar-refractivity contribution in [3.63, 3.8) is 0 Å². The number of halogens is 1. The molecule has 2 unspecified atom stereocenters. The second kappa shape index (κ2) is 5.20. The van der Waals surface area contributed by atoms with Crippen molar-refractivity contribution in [3.8, 4) is 0 Å². The van der Waals surface area contributed by atoms with Crippen LogP contribution in [0.25, 0.3) is 0 Å². The first kappa shape index (κ1) is 12.8. The molecule has 0 aromatic carbocycles. The lowest BCUT2D eigenvalue weighted by Crippen LogP contribution is -2.31. The fourth-order valence-electron chi connectivity index (χ4n) is 2.18. The topological polar surface area (TPSA) is 20.3 Å². The van der Waals surface area contributed by atoms with Crippen LogP contribution in [0.15, 0.2) is 0 Å². The Hall–Kier alpha value is -0.240. The van der Waals surface area contributed by atoms with Crippen LogP contribution in [-0.4, -0.2) is 29.3 Å². The van der Waals surface area contributed by atoms with Crippen molar-refractivity contribution in [1.29, 1.82) is 0 Å². The first-order chi connectivity index (χ1) is 6.91. The van der Waals surface area contributed by atoms with Gasteiger partial charge in [0, 0.05) is 13.1 Å². The minimum Gasteiger partial charge on any atom is -0.341 e. The highest BCUT2D eigenvalue weighted by atomic mass is 35.5. The van der Waals surface area contributed by atoms with Crippen LogP contribution in [0.1, 0.15) is 34.1 Å². The van der Waals surface area contributed by atoms with Crippen LogP contribution >= 0.6 is 11.6 Å². The van der Waals surface area contributed by atoms with E-state index in [-0.39, 0.29) is 17.2 Å². The number of likely N-dealkylation sites (tertiary alicyclic amines) is 1. The number of hydrogen-bond donors (Lipinski definition) is 0. The number of rotatable bonds is 4. The van der Waals surface area contributed by atoms with Crippen molar-refractivity contribution in [2.45, 2.75) is 39.5 Å². The van der Waals surface area contributed by atoms with Crippen molar-refractivity contribution in [2.75, 3.05) is 13.1 Å². The summed E-state index contributed by atoms with van der Waals surface area (Å²) in [5.74, 6) is 1.37. The van der Waals surface area contributed by atoms with Gasteiger partial charge >= 0.3 is 0 Å². The Balaban J connectivity index is 2.58. The van der Waals surface area contributed by atoms with Gasteiger partial charge in [0.05, 0.1) is 11.3 Å². The Morgan fingerprint density at radius 2 is 1.93 bits per heavy atom. The molecule has 0 saturated carbocycles. The van der Waals surface area contributed by atoms with Crippen molar-refractivity contribution >= 4 is 17.5 Å². The molecular weight excluding hydrogens is 210 g/mol. The third-order valence-corrected chi connectivity index (χ3v) is 3.21. The molecule has 1 rings (SSSR count). The van der Waals surface area contributed by atoms with Gasteiger partial charge in [-0.1, -0.05) is 27.7 Å². The SMILES string of the molecule is CC(C)CC1C(=O)N(CC(C)C)CC1Cl. The number of carbonyl (C=O) groups is 1. The maximum Gasteiger partial charge on any atom is 0.227 e. The summed E-state index contributed by atoms with van der Waals surface area (Å²) in [6.45, 7) is 10.1. The van der Waals surface area contributed by atoms with Crippen LogP contribution < -0.4 is 0 Å². The van der Waals surface area contributed by atoms with Crippen LogP contribution in [0, 0.1) is 17.8 Å². The molecule has 2 atom stereocenters. The highest BCUT2D eigenvalue weighted by Gasteiger charge is 2.39. The molecule has 1 fully saturated rings. The molecule has 0 bridgehead atoms. The highest BCUT2D eigenvalue weighted by molar-refractivity contribution is 6.23. The molecule has 88 valence electrons. The second-order valence-electron chi connectivity index (χ2n) is 5.39. The van der Waals surface area contributed by atoms with E-state index in [1.54, 1.807) is 0 Å². The summed E-state index contributed by atoms with van der Waals surface area (Å²) in [6, 6.07) is 0. The molecule has 0 spiro atoms. The number of amides is 1. The lowest BCUT2D eigenvalue weighted by atomic mass is 9.95. The smallest absolute Gasteiger partial charge is 0.227 e. The Morgan fingerprint density at radius 1 is 1.33 bits per heavy atom. The fourth-order valence-corrected chi connectivity index (χ4v) is 2.56. The monoisotopic (exact) mass is 231 g/mol. The lowest BCUT2D eigenvalue weighted by Gasteiger charge is -2.19. The van der Waals surface area contributed by atoms with Gasteiger partial charge in [0.1, 0.15) is 0 Å². The van der Waals surface area contributed by atoms with Crippen molar-refractivity contribution in [1.82, 2.24) is 4.90 Å². The Kier molecular flexibility index (Phi) is 4.45. The maximum absolute atomic E-state index is 12.0. The number of alkyl halides is 1. The average molecular weight is 232 g/mol. The van der Waals surface area contributed by atoms with E-state index in [9.17, 15) is 4.79 Å². The van der Waals surface area contributed by atoms with Crippen molar-refractivity contribution < 1.29 is 4.79 Å². The molecule has 3 heteroatoms. The minimum atomic E-state index is 0.0126. The molecule has 0 aliphatic carbocycles. The van der Waals surface area contributed by atoms with Crippen LogP contribution in [0.5, 0.6) is 0 Å². The van der Waals surface area contributed by atoms with E-state index in [1.807, 2.05) is 4.90 Å². The predicted octanol–water partition coefficient (Wildman–Crippen LogP) is 2.75. The first-order valence-electron chi connectivity index (χ1n) is 5.84. The van der Waals surface area contributed by atoms with E-state index in [2.05, 4.69) is 27.7 Å². The molecule has 1 heterocycles. The summed E-state index contributed by atoms with van der Waals surface area (Å²) in [7, 11) is 0.